The fourth-order valence-electron chi connectivity index (χ4n) is 4.43. The molecule has 0 atom stereocenters. The van der Waals surface area contributed by atoms with E-state index >= 15 is 0 Å². The zero-order valence-electron chi connectivity index (χ0n) is 21.2. The van der Waals surface area contributed by atoms with Crippen LogP contribution in [-0.4, -0.2) is 34.8 Å². The Morgan fingerprint density at radius 3 is 0.633 bits per heavy atom. The second-order valence-corrected chi connectivity index (χ2v) is 9.56. The average Bonchev–Trinajstić information content (AvgIpc) is 2.74. The summed E-state index contributed by atoms with van der Waals surface area (Å²) in [6, 6.07) is 0. The predicted molar refractivity (Wildman–Crippen MR) is 139 cm³/mol. The van der Waals surface area contributed by atoms with Gasteiger partial charge in [-0.15, -0.1) is 0 Å². The topological polar surface area (TPSA) is 20.2 Å². The lowest BCUT2D eigenvalue weighted by Crippen LogP contribution is -1.85. The molecule has 0 heterocycles. The monoisotopic (exact) mass is 434 g/mol. The van der Waals surface area contributed by atoms with Crippen molar-refractivity contribution in [2.24, 2.45) is 0 Å². The first-order chi connectivity index (χ1) is 14.4. The van der Waals surface area contributed by atoms with E-state index in [9.17, 15) is 0 Å². The number of aliphatic hydroxyl groups excluding tert-OH is 1. The molecule has 0 spiro atoms. The maximum atomic E-state index is 8.75. The fourth-order valence-corrected chi connectivity index (χ4v) is 4.43. The van der Waals surface area contributed by atoms with Gasteiger partial charge in [-0.1, -0.05) is 167 Å². The number of aliphatic hydroxyl groups is 1. The van der Waals surface area contributed by atoms with Crippen LogP contribution in [0.4, 0.5) is 0 Å². The highest BCUT2D eigenvalue weighted by atomic mass is 24.3. The minimum atomic E-state index is 0. The highest BCUT2D eigenvalue weighted by Crippen LogP contribution is 2.15. The summed E-state index contributed by atoms with van der Waals surface area (Å²) in [7, 11) is 0. The highest BCUT2D eigenvalue weighted by molar-refractivity contribution is 5.75. The van der Waals surface area contributed by atoms with Gasteiger partial charge in [0.2, 0.25) is 0 Å². The number of unbranched alkanes of at least 4 members (excludes halogenated alkanes) is 25. The zero-order chi connectivity index (χ0) is 21.1. The van der Waals surface area contributed by atoms with Crippen molar-refractivity contribution in [2.45, 2.75) is 174 Å². The highest BCUT2D eigenvalue weighted by Gasteiger charge is 1.96. The molecule has 178 valence electrons. The Balaban J connectivity index is 0. The minimum absolute atomic E-state index is 0. The van der Waals surface area contributed by atoms with E-state index in [1.165, 1.54) is 161 Å². The molecular formula is C28H58MgO. The first-order valence-electron chi connectivity index (χ1n) is 14.0. The summed E-state index contributed by atoms with van der Waals surface area (Å²) in [4.78, 5) is 0. The summed E-state index contributed by atoms with van der Waals surface area (Å²) in [5, 5.41) is 8.75. The second-order valence-electron chi connectivity index (χ2n) is 9.56. The van der Waals surface area contributed by atoms with Gasteiger partial charge in [-0.05, 0) is 6.42 Å². The van der Waals surface area contributed by atoms with Crippen LogP contribution in [0.5, 0.6) is 0 Å². The van der Waals surface area contributed by atoms with Crippen LogP contribution < -0.4 is 0 Å². The van der Waals surface area contributed by atoms with Crippen LogP contribution in [-0.2, 0) is 0 Å². The third kappa shape index (κ3) is 30.9. The molecule has 0 fully saturated rings. The average molecular weight is 435 g/mol. The summed E-state index contributed by atoms with van der Waals surface area (Å²) < 4.78 is 0. The summed E-state index contributed by atoms with van der Waals surface area (Å²) >= 11 is 0. The van der Waals surface area contributed by atoms with Gasteiger partial charge in [0.15, 0.2) is 0 Å². The molecule has 0 aromatic carbocycles. The van der Waals surface area contributed by atoms with Gasteiger partial charge in [-0.2, -0.15) is 0 Å². The normalized spacial score (nSPS) is 11.0. The maximum Gasteiger partial charge on any atom is 0.0431 e. The molecule has 0 unspecified atom stereocenters. The number of rotatable bonds is 26. The van der Waals surface area contributed by atoms with E-state index in [2.05, 4.69) is 6.92 Å². The van der Waals surface area contributed by atoms with Crippen LogP contribution in [0, 0.1) is 0 Å². The molecule has 0 saturated heterocycles. The van der Waals surface area contributed by atoms with Crippen LogP contribution in [0.25, 0.3) is 0 Å². The Bertz CT molecular complexity index is 243. The Morgan fingerprint density at radius 2 is 0.467 bits per heavy atom. The lowest BCUT2D eigenvalue weighted by atomic mass is 10.0. The third-order valence-electron chi connectivity index (χ3n) is 6.51. The molecule has 2 radical (unpaired) electrons. The molecule has 0 rings (SSSR count). The summed E-state index contributed by atoms with van der Waals surface area (Å²) in [6.45, 7) is 2.67. The van der Waals surface area contributed by atoms with E-state index in [0.29, 0.717) is 6.61 Å². The first-order valence-corrected chi connectivity index (χ1v) is 14.0. The molecule has 30 heavy (non-hydrogen) atoms. The van der Waals surface area contributed by atoms with Gasteiger partial charge < -0.3 is 5.11 Å². The molecule has 0 aromatic heterocycles. The van der Waals surface area contributed by atoms with Gasteiger partial charge in [-0.25, -0.2) is 0 Å². The maximum absolute atomic E-state index is 8.75. The Kier molecular flexibility index (Phi) is 35.0. The van der Waals surface area contributed by atoms with Gasteiger partial charge in [0.1, 0.15) is 0 Å². The number of hydrogen-bond acceptors (Lipinski definition) is 1. The lowest BCUT2D eigenvalue weighted by Gasteiger charge is -2.04. The van der Waals surface area contributed by atoms with Crippen molar-refractivity contribution >= 4 is 23.1 Å². The van der Waals surface area contributed by atoms with E-state index in [4.69, 9.17) is 5.11 Å². The summed E-state index contributed by atoms with van der Waals surface area (Å²) in [5.41, 5.74) is 0. The van der Waals surface area contributed by atoms with Crippen molar-refractivity contribution in [2.75, 3.05) is 6.61 Å². The van der Waals surface area contributed by atoms with Crippen LogP contribution >= 0.6 is 0 Å². The molecule has 0 aliphatic carbocycles. The lowest BCUT2D eigenvalue weighted by molar-refractivity contribution is 0.282. The second kappa shape index (κ2) is 31.9. The van der Waals surface area contributed by atoms with Gasteiger partial charge in [-0.3, -0.25) is 0 Å². The molecule has 2 heteroatoms. The van der Waals surface area contributed by atoms with Gasteiger partial charge in [0, 0.05) is 29.7 Å². The molecule has 0 bridgehead atoms. The fraction of sp³-hybridized carbons (Fsp3) is 1.00. The molecule has 0 aromatic rings. The quantitative estimate of drug-likeness (QED) is 0.106. The van der Waals surface area contributed by atoms with Gasteiger partial charge in [0.25, 0.3) is 0 Å². The Labute approximate surface area is 208 Å². The Hall–Kier alpha value is 0.726. The van der Waals surface area contributed by atoms with Crippen LogP contribution in [0.15, 0.2) is 0 Å². The largest absolute Gasteiger partial charge is 0.396 e. The molecule has 1 nitrogen and oxygen atoms in total. The van der Waals surface area contributed by atoms with Crippen LogP contribution in [0.3, 0.4) is 0 Å². The van der Waals surface area contributed by atoms with Crippen LogP contribution in [0.2, 0.25) is 0 Å². The standard InChI is InChI=1S/C28H58O.Mg/c1-2-3-4-5-6-7-8-9-10-11-12-13-14-15-16-17-18-19-20-21-22-23-24-25-26-27-28-29;/h29H,2-28H2,1H3;. The Morgan fingerprint density at radius 1 is 0.300 bits per heavy atom. The molecule has 0 aliphatic rings. The van der Waals surface area contributed by atoms with E-state index in [0.717, 1.165) is 6.42 Å². The van der Waals surface area contributed by atoms with Crippen molar-refractivity contribution in [3.8, 4) is 0 Å². The van der Waals surface area contributed by atoms with E-state index in [1.807, 2.05) is 0 Å². The van der Waals surface area contributed by atoms with Crippen molar-refractivity contribution in [3.63, 3.8) is 0 Å². The molecule has 0 amide bonds. The SMILES string of the molecule is CCCCCCCCCCCCCCCCCCCCCCCCCCCCO.[Mg]. The van der Waals surface area contributed by atoms with Gasteiger partial charge >= 0.3 is 0 Å². The predicted octanol–water partition coefficient (Wildman–Crippen LogP) is 9.76. The molecule has 0 aliphatic heterocycles. The van der Waals surface area contributed by atoms with Crippen molar-refractivity contribution in [1.29, 1.82) is 0 Å². The van der Waals surface area contributed by atoms with Crippen molar-refractivity contribution in [1.82, 2.24) is 0 Å². The smallest absolute Gasteiger partial charge is 0.0431 e. The van der Waals surface area contributed by atoms with Crippen molar-refractivity contribution < 1.29 is 5.11 Å². The third-order valence-corrected chi connectivity index (χ3v) is 6.51. The molecule has 0 saturated carbocycles. The summed E-state index contributed by atoms with van der Waals surface area (Å²) in [5.74, 6) is 0. The van der Waals surface area contributed by atoms with Crippen molar-refractivity contribution in [3.05, 3.63) is 0 Å². The van der Waals surface area contributed by atoms with E-state index < -0.39 is 0 Å². The van der Waals surface area contributed by atoms with Crippen LogP contribution in [0.1, 0.15) is 174 Å². The number of hydrogen-bond donors (Lipinski definition) is 1. The van der Waals surface area contributed by atoms with Gasteiger partial charge in [0.05, 0.1) is 0 Å². The van der Waals surface area contributed by atoms with E-state index in [-0.39, 0.29) is 23.1 Å². The molecular weight excluding hydrogens is 377 g/mol. The molecule has 1 N–H and O–H groups in total. The zero-order valence-corrected chi connectivity index (χ0v) is 22.7. The van der Waals surface area contributed by atoms with E-state index in [1.54, 1.807) is 0 Å². The summed E-state index contributed by atoms with van der Waals surface area (Å²) in [6.07, 6.45) is 37.1. The first kappa shape index (κ1) is 32.9. The minimum Gasteiger partial charge on any atom is -0.396 e.